The van der Waals surface area contributed by atoms with Crippen molar-refractivity contribution in [1.29, 1.82) is 5.26 Å². The zero-order valence-corrected chi connectivity index (χ0v) is 10.6. The van der Waals surface area contributed by atoms with Gasteiger partial charge < -0.3 is 5.32 Å². The quantitative estimate of drug-likeness (QED) is 0.881. The minimum absolute atomic E-state index is 0.216. The number of carbonyl (C=O) groups excluding carboxylic acids is 1. The topological polar surface area (TPSA) is 70.7 Å². The fraction of sp³-hybridized carbons (Fsp3) is 0.615. The third kappa shape index (κ3) is 2.70. The fourth-order valence-electron chi connectivity index (χ4n) is 2.53. The summed E-state index contributed by atoms with van der Waals surface area (Å²) in [7, 11) is 1.72. The molecule has 1 heterocycles. The summed E-state index contributed by atoms with van der Waals surface area (Å²) >= 11 is 0. The van der Waals surface area contributed by atoms with Gasteiger partial charge in [-0.25, -0.2) is 0 Å². The van der Waals surface area contributed by atoms with Gasteiger partial charge in [0, 0.05) is 13.2 Å². The van der Waals surface area contributed by atoms with Crippen molar-refractivity contribution in [2.75, 3.05) is 0 Å². The minimum atomic E-state index is -0.382. The van der Waals surface area contributed by atoms with E-state index >= 15 is 0 Å². The van der Waals surface area contributed by atoms with E-state index in [0.29, 0.717) is 11.6 Å². The molecule has 2 rings (SSSR count). The van der Waals surface area contributed by atoms with Crippen molar-refractivity contribution in [1.82, 2.24) is 15.1 Å². The number of amides is 1. The molecule has 96 valence electrons. The lowest BCUT2D eigenvalue weighted by Gasteiger charge is -2.26. The number of aromatic nitrogens is 2. The maximum absolute atomic E-state index is 12.0. The third-order valence-corrected chi connectivity index (χ3v) is 3.60. The first-order valence-corrected chi connectivity index (χ1v) is 6.41. The first-order chi connectivity index (χ1) is 8.72. The Morgan fingerprint density at radius 1 is 1.56 bits per heavy atom. The molecule has 1 aliphatic rings. The van der Waals surface area contributed by atoms with Gasteiger partial charge in [0.1, 0.15) is 11.7 Å². The van der Waals surface area contributed by atoms with Crippen molar-refractivity contribution in [3.05, 3.63) is 18.0 Å². The maximum atomic E-state index is 12.0. The minimum Gasteiger partial charge on any atom is -0.335 e. The predicted molar refractivity (Wildman–Crippen MR) is 66.7 cm³/mol. The second kappa shape index (κ2) is 5.67. The Balaban J connectivity index is 2.00. The van der Waals surface area contributed by atoms with Crippen molar-refractivity contribution < 1.29 is 4.79 Å². The molecule has 1 amide bonds. The Hall–Kier alpha value is -1.83. The zero-order chi connectivity index (χ0) is 13.0. The van der Waals surface area contributed by atoms with Gasteiger partial charge in [-0.2, -0.15) is 10.4 Å². The molecule has 1 atom stereocenters. The molecule has 0 aromatic carbocycles. The van der Waals surface area contributed by atoms with Crippen LogP contribution in [0.5, 0.6) is 0 Å². The van der Waals surface area contributed by atoms with E-state index in [2.05, 4.69) is 16.5 Å². The van der Waals surface area contributed by atoms with E-state index in [1.165, 1.54) is 11.1 Å². The number of hydrogen-bond acceptors (Lipinski definition) is 3. The highest BCUT2D eigenvalue weighted by Gasteiger charge is 2.25. The number of nitrogens with zero attached hydrogens (tertiary/aromatic N) is 3. The van der Waals surface area contributed by atoms with Crippen LogP contribution in [-0.4, -0.2) is 21.7 Å². The second-order valence-electron chi connectivity index (χ2n) is 4.82. The van der Waals surface area contributed by atoms with Crippen LogP contribution in [0.3, 0.4) is 0 Å². The van der Waals surface area contributed by atoms with Crippen LogP contribution in [0.2, 0.25) is 0 Å². The lowest BCUT2D eigenvalue weighted by Crippen LogP contribution is -2.40. The second-order valence-corrected chi connectivity index (χ2v) is 4.82. The predicted octanol–water partition coefficient (Wildman–Crippen LogP) is 1.62. The van der Waals surface area contributed by atoms with Gasteiger partial charge in [-0.15, -0.1) is 0 Å². The summed E-state index contributed by atoms with van der Waals surface area (Å²) in [6.45, 7) is 0. The van der Waals surface area contributed by atoms with E-state index in [1.54, 1.807) is 19.3 Å². The third-order valence-electron chi connectivity index (χ3n) is 3.60. The highest BCUT2D eigenvalue weighted by atomic mass is 16.2. The highest BCUT2D eigenvalue weighted by molar-refractivity contribution is 5.92. The van der Waals surface area contributed by atoms with E-state index in [4.69, 9.17) is 0 Å². The standard InChI is InChI=1S/C13H18N4O/c1-17-12(7-8-15-17)13(18)16-11(9-14)10-5-3-2-4-6-10/h7-8,10-11H,2-6H2,1H3,(H,16,18). The van der Waals surface area contributed by atoms with Gasteiger partial charge >= 0.3 is 0 Å². The Labute approximate surface area is 107 Å². The summed E-state index contributed by atoms with van der Waals surface area (Å²) in [6, 6.07) is 3.50. The molecule has 1 unspecified atom stereocenters. The van der Waals surface area contributed by atoms with E-state index in [9.17, 15) is 10.1 Å². The molecule has 0 saturated heterocycles. The lowest BCUT2D eigenvalue weighted by atomic mass is 9.84. The summed E-state index contributed by atoms with van der Waals surface area (Å²) in [4.78, 5) is 12.0. The van der Waals surface area contributed by atoms with Crippen molar-refractivity contribution in [2.45, 2.75) is 38.1 Å². The first kappa shape index (κ1) is 12.6. The zero-order valence-electron chi connectivity index (χ0n) is 10.6. The largest absolute Gasteiger partial charge is 0.335 e. The van der Waals surface area contributed by atoms with E-state index in [-0.39, 0.29) is 11.9 Å². The summed E-state index contributed by atoms with van der Waals surface area (Å²) in [5, 5.41) is 16.0. The molecule has 0 bridgehead atoms. The normalized spacial score (nSPS) is 18.0. The van der Waals surface area contributed by atoms with Gasteiger partial charge in [-0.3, -0.25) is 9.48 Å². The van der Waals surface area contributed by atoms with Crippen LogP contribution < -0.4 is 5.32 Å². The number of nitrogens with one attached hydrogen (secondary N) is 1. The van der Waals surface area contributed by atoms with Crippen LogP contribution in [0.4, 0.5) is 0 Å². The molecular formula is C13H18N4O. The molecule has 5 nitrogen and oxygen atoms in total. The number of carbonyl (C=O) groups is 1. The number of nitriles is 1. The van der Waals surface area contributed by atoms with Crippen molar-refractivity contribution >= 4 is 5.91 Å². The summed E-state index contributed by atoms with van der Waals surface area (Å²) in [6.07, 6.45) is 7.20. The van der Waals surface area contributed by atoms with Gasteiger partial charge in [-0.05, 0) is 24.8 Å². The molecule has 0 spiro atoms. The summed E-state index contributed by atoms with van der Waals surface area (Å²) in [5.74, 6) is 0.0769. The average Bonchev–Trinajstić information content (AvgIpc) is 2.83. The van der Waals surface area contributed by atoms with Crippen LogP contribution in [0, 0.1) is 17.2 Å². The molecule has 1 saturated carbocycles. The summed E-state index contributed by atoms with van der Waals surface area (Å²) in [5.41, 5.74) is 0.492. The molecule has 0 radical (unpaired) electrons. The number of aryl methyl sites for hydroxylation is 1. The molecule has 18 heavy (non-hydrogen) atoms. The molecule has 1 aliphatic carbocycles. The van der Waals surface area contributed by atoms with Gasteiger partial charge in [0.2, 0.25) is 0 Å². The number of rotatable bonds is 3. The van der Waals surface area contributed by atoms with Crippen LogP contribution in [-0.2, 0) is 7.05 Å². The molecule has 1 N–H and O–H groups in total. The van der Waals surface area contributed by atoms with Crippen LogP contribution in [0.15, 0.2) is 12.3 Å². The summed E-state index contributed by atoms with van der Waals surface area (Å²) < 4.78 is 1.52. The smallest absolute Gasteiger partial charge is 0.270 e. The fourth-order valence-corrected chi connectivity index (χ4v) is 2.53. The Bertz CT molecular complexity index is 454. The maximum Gasteiger partial charge on any atom is 0.270 e. The van der Waals surface area contributed by atoms with Crippen LogP contribution in [0.1, 0.15) is 42.6 Å². The Morgan fingerprint density at radius 2 is 2.28 bits per heavy atom. The number of hydrogen-bond donors (Lipinski definition) is 1. The Morgan fingerprint density at radius 3 is 2.83 bits per heavy atom. The molecule has 5 heteroatoms. The van der Waals surface area contributed by atoms with Gasteiger partial charge in [0.15, 0.2) is 0 Å². The van der Waals surface area contributed by atoms with Crippen molar-refractivity contribution in [2.24, 2.45) is 13.0 Å². The molecule has 1 aromatic rings. The molecular weight excluding hydrogens is 228 g/mol. The van der Waals surface area contributed by atoms with E-state index in [0.717, 1.165) is 25.7 Å². The van der Waals surface area contributed by atoms with Gasteiger partial charge in [0.05, 0.1) is 6.07 Å². The first-order valence-electron chi connectivity index (χ1n) is 6.41. The lowest BCUT2D eigenvalue weighted by molar-refractivity contribution is 0.0919. The molecule has 1 aromatic heterocycles. The van der Waals surface area contributed by atoms with Crippen LogP contribution >= 0.6 is 0 Å². The molecule has 1 fully saturated rings. The monoisotopic (exact) mass is 246 g/mol. The highest BCUT2D eigenvalue weighted by Crippen LogP contribution is 2.26. The van der Waals surface area contributed by atoms with E-state index in [1.807, 2.05) is 0 Å². The molecule has 0 aliphatic heterocycles. The Kier molecular flexibility index (Phi) is 3.98. The van der Waals surface area contributed by atoms with Crippen LogP contribution in [0.25, 0.3) is 0 Å². The van der Waals surface area contributed by atoms with Gasteiger partial charge in [0.25, 0.3) is 5.91 Å². The average molecular weight is 246 g/mol. The van der Waals surface area contributed by atoms with Crippen molar-refractivity contribution in [3.63, 3.8) is 0 Å². The SMILES string of the molecule is Cn1nccc1C(=O)NC(C#N)C1CCCCC1. The van der Waals surface area contributed by atoms with Gasteiger partial charge in [-0.1, -0.05) is 19.3 Å². The van der Waals surface area contributed by atoms with Crippen molar-refractivity contribution in [3.8, 4) is 6.07 Å². The van der Waals surface area contributed by atoms with E-state index < -0.39 is 0 Å².